The van der Waals surface area contributed by atoms with Gasteiger partial charge in [-0.2, -0.15) is 5.26 Å². The normalized spacial score (nSPS) is 11.6. The largest absolute Gasteiger partial charge is 0.341 e. The highest BCUT2D eigenvalue weighted by Crippen LogP contribution is 1.73. The Labute approximate surface area is 48.3 Å². The van der Waals surface area contributed by atoms with Gasteiger partial charge >= 0.3 is 0 Å². The average Bonchev–Trinajstić information content (AvgIpc) is 1.65. The van der Waals surface area contributed by atoms with Crippen molar-refractivity contribution in [3.63, 3.8) is 0 Å². The van der Waals surface area contributed by atoms with E-state index in [1.165, 1.54) is 6.92 Å². The molecule has 8 heavy (non-hydrogen) atoms. The first kappa shape index (κ1) is 6.96. The Kier molecular flexibility index (Phi) is 2.63. The number of nitriles is 1. The summed E-state index contributed by atoms with van der Waals surface area (Å²) in [5, 5.41) is 10.5. The number of carbonyl (C=O) groups excluding carboxylic acids is 1. The number of amides is 1. The third-order valence-electron chi connectivity index (χ3n) is 0.613. The molecule has 0 rings (SSSR count). The molecule has 0 heterocycles. The molecule has 0 saturated carbocycles. The zero-order valence-electron chi connectivity index (χ0n) is 4.93. The van der Waals surface area contributed by atoms with Crippen LogP contribution in [0, 0.1) is 11.3 Å². The summed E-state index contributed by atoms with van der Waals surface area (Å²) in [7, 11) is 0. The number of nitrogens with one attached hydrogen (secondary N) is 1. The molecule has 0 radical (unpaired) electrons. The van der Waals surface area contributed by atoms with E-state index >= 15 is 0 Å². The second-order valence-electron chi connectivity index (χ2n) is 1.55. The number of hydrogen-bond donors (Lipinski definition) is 1. The minimum absolute atomic E-state index is 0.168. The Morgan fingerprint density at radius 1 is 1.88 bits per heavy atom. The Morgan fingerprint density at radius 3 is 2.50 bits per heavy atom. The van der Waals surface area contributed by atoms with Crippen LogP contribution in [0.4, 0.5) is 0 Å². The lowest BCUT2D eigenvalue weighted by Gasteiger charge is -1.99. The van der Waals surface area contributed by atoms with Crippen molar-refractivity contribution >= 4 is 5.91 Å². The first-order valence-electron chi connectivity index (χ1n) is 2.33. The highest BCUT2D eigenvalue weighted by Gasteiger charge is 1.96. The van der Waals surface area contributed by atoms with E-state index in [1.54, 1.807) is 6.92 Å². The van der Waals surface area contributed by atoms with Crippen LogP contribution in [-0.4, -0.2) is 11.9 Å². The fourth-order valence-corrected chi connectivity index (χ4v) is 0.337. The molecule has 1 N–H and O–H groups in total. The third kappa shape index (κ3) is 3.16. The van der Waals surface area contributed by atoms with Crippen molar-refractivity contribution in [3.05, 3.63) is 0 Å². The second-order valence-corrected chi connectivity index (χ2v) is 1.55. The molecule has 0 aromatic rings. The summed E-state index contributed by atoms with van der Waals surface area (Å²) in [6, 6.07) is 1.50. The van der Waals surface area contributed by atoms with E-state index < -0.39 is 0 Å². The fraction of sp³-hybridized carbons (Fsp3) is 0.600. The van der Waals surface area contributed by atoms with E-state index in [0.717, 1.165) is 0 Å². The van der Waals surface area contributed by atoms with Crippen molar-refractivity contribution in [1.29, 1.82) is 5.26 Å². The smallest absolute Gasteiger partial charge is 0.217 e. The summed E-state index contributed by atoms with van der Waals surface area (Å²) in [5.41, 5.74) is 0. The van der Waals surface area contributed by atoms with Crippen molar-refractivity contribution < 1.29 is 4.79 Å². The summed E-state index contributed by atoms with van der Waals surface area (Å²) in [5.74, 6) is -0.168. The Morgan fingerprint density at radius 2 is 2.38 bits per heavy atom. The van der Waals surface area contributed by atoms with Gasteiger partial charge < -0.3 is 5.32 Å². The predicted molar refractivity (Wildman–Crippen MR) is 28.9 cm³/mol. The molecule has 0 spiro atoms. The molecular weight excluding hydrogens is 104 g/mol. The fourth-order valence-electron chi connectivity index (χ4n) is 0.337. The molecule has 0 aromatic heterocycles. The van der Waals surface area contributed by atoms with Crippen LogP contribution in [0.2, 0.25) is 0 Å². The van der Waals surface area contributed by atoms with E-state index in [0.29, 0.717) is 0 Å². The van der Waals surface area contributed by atoms with Gasteiger partial charge in [0.15, 0.2) is 0 Å². The quantitative estimate of drug-likeness (QED) is 0.520. The van der Waals surface area contributed by atoms with Gasteiger partial charge in [-0.1, -0.05) is 0 Å². The Hall–Kier alpha value is -1.04. The van der Waals surface area contributed by atoms with Crippen LogP contribution in [0.1, 0.15) is 13.8 Å². The molecule has 1 amide bonds. The molecule has 3 nitrogen and oxygen atoms in total. The van der Waals surface area contributed by atoms with Crippen molar-refractivity contribution in [1.82, 2.24) is 5.32 Å². The van der Waals surface area contributed by atoms with Gasteiger partial charge in [0.2, 0.25) is 5.91 Å². The average molecular weight is 112 g/mol. The Bertz CT molecular complexity index is 125. The van der Waals surface area contributed by atoms with Crippen molar-refractivity contribution in [2.45, 2.75) is 19.9 Å². The molecule has 0 saturated heterocycles. The van der Waals surface area contributed by atoms with Crippen molar-refractivity contribution in [2.24, 2.45) is 0 Å². The maximum atomic E-state index is 10.2. The second kappa shape index (κ2) is 3.03. The summed E-state index contributed by atoms with van der Waals surface area (Å²) in [4.78, 5) is 10.2. The van der Waals surface area contributed by atoms with Crippen molar-refractivity contribution in [3.8, 4) is 6.07 Å². The van der Waals surface area contributed by atoms with Gasteiger partial charge in [-0.05, 0) is 6.92 Å². The van der Waals surface area contributed by atoms with Crippen LogP contribution in [0.3, 0.4) is 0 Å². The maximum Gasteiger partial charge on any atom is 0.217 e. The van der Waals surface area contributed by atoms with E-state index in [2.05, 4.69) is 5.32 Å². The molecular formula is C5H8N2O. The van der Waals surface area contributed by atoms with E-state index in [-0.39, 0.29) is 11.9 Å². The van der Waals surface area contributed by atoms with Crippen LogP contribution < -0.4 is 5.32 Å². The van der Waals surface area contributed by atoms with Gasteiger partial charge in [0.1, 0.15) is 6.04 Å². The van der Waals surface area contributed by atoms with Crippen LogP contribution in [0.25, 0.3) is 0 Å². The lowest BCUT2D eigenvalue weighted by molar-refractivity contribution is -0.119. The minimum atomic E-state index is -0.368. The van der Waals surface area contributed by atoms with E-state index in [1.807, 2.05) is 6.07 Å². The van der Waals surface area contributed by atoms with Crippen LogP contribution in [-0.2, 0) is 4.79 Å². The summed E-state index contributed by atoms with van der Waals surface area (Å²) in [6.45, 7) is 3.01. The molecule has 1 atom stereocenters. The van der Waals surface area contributed by atoms with Gasteiger partial charge in [-0.3, -0.25) is 4.79 Å². The van der Waals surface area contributed by atoms with Crippen LogP contribution in [0.5, 0.6) is 0 Å². The minimum Gasteiger partial charge on any atom is -0.341 e. The molecule has 3 heteroatoms. The van der Waals surface area contributed by atoms with Crippen LogP contribution >= 0.6 is 0 Å². The zero-order valence-corrected chi connectivity index (χ0v) is 4.93. The molecule has 0 bridgehead atoms. The molecule has 44 valence electrons. The predicted octanol–water partition coefficient (Wildman–Crippen LogP) is 0.0346. The molecule has 0 fully saturated rings. The first-order valence-corrected chi connectivity index (χ1v) is 2.33. The molecule has 0 unspecified atom stereocenters. The monoisotopic (exact) mass is 112 g/mol. The van der Waals surface area contributed by atoms with Gasteiger partial charge in [-0.15, -0.1) is 0 Å². The summed E-state index contributed by atoms with van der Waals surface area (Å²) >= 11 is 0. The molecule has 0 aromatic carbocycles. The number of carbonyl (C=O) groups is 1. The maximum absolute atomic E-state index is 10.2. The van der Waals surface area contributed by atoms with Crippen LogP contribution in [0.15, 0.2) is 0 Å². The van der Waals surface area contributed by atoms with Gasteiger partial charge in [0, 0.05) is 6.92 Å². The van der Waals surface area contributed by atoms with Gasteiger partial charge in [0.05, 0.1) is 6.07 Å². The number of rotatable bonds is 1. The lowest BCUT2D eigenvalue weighted by atomic mass is 10.4. The summed E-state index contributed by atoms with van der Waals surface area (Å²) < 4.78 is 0. The lowest BCUT2D eigenvalue weighted by Crippen LogP contribution is -2.28. The molecule has 0 aliphatic carbocycles. The first-order chi connectivity index (χ1) is 3.66. The topological polar surface area (TPSA) is 52.9 Å². The van der Waals surface area contributed by atoms with Gasteiger partial charge in [-0.25, -0.2) is 0 Å². The third-order valence-corrected chi connectivity index (χ3v) is 0.613. The standard InChI is InChI=1S/C5H8N2O/c1-4(3-6)7-5(2)8/h4H,1-2H3,(H,7,8)/t4-/m1/s1. The Balaban J connectivity index is 3.43. The number of hydrogen-bond acceptors (Lipinski definition) is 2. The summed E-state index contributed by atoms with van der Waals surface area (Å²) in [6.07, 6.45) is 0. The SMILES string of the molecule is CC(=O)N[C@H](C)C#N. The number of nitrogens with zero attached hydrogens (tertiary/aromatic N) is 1. The highest BCUT2D eigenvalue weighted by molar-refractivity contribution is 5.73. The van der Waals surface area contributed by atoms with Crippen molar-refractivity contribution in [2.75, 3.05) is 0 Å². The zero-order chi connectivity index (χ0) is 6.57. The molecule has 0 aliphatic rings. The molecule has 0 aliphatic heterocycles. The van der Waals surface area contributed by atoms with E-state index in [4.69, 9.17) is 5.26 Å². The highest BCUT2D eigenvalue weighted by atomic mass is 16.1. The van der Waals surface area contributed by atoms with E-state index in [9.17, 15) is 4.79 Å². The van der Waals surface area contributed by atoms with Gasteiger partial charge in [0.25, 0.3) is 0 Å².